The Bertz CT molecular complexity index is 1280. The number of ether oxygens (including phenoxy) is 1. The summed E-state index contributed by atoms with van der Waals surface area (Å²) in [6.45, 7) is 1.77. The summed E-state index contributed by atoms with van der Waals surface area (Å²) in [5, 5.41) is 3.91. The number of hydrogen-bond acceptors (Lipinski definition) is 5. The molecule has 0 spiro atoms. The molecule has 1 aromatic heterocycles. The minimum absolute atomic E-state index is 0.0272. The lowest BCUT2D eigenvalue weighted by Crippen LogP contribution is -2.46. The van der Waals surface area contributed by atoms with Gasteiger partial charge in [0.15, 0.2) is 0 Å². The Morgan fingerprint density at radius 3 is 2.36 bits per heavy atom. The fourth-order valence-corrected chi connectivity index (χ4v) is 3.03. The second-order valence-corrected chi connectivity index (χ2v) is 7.15. The third-order valence-electron chi connectivity index (χ3n) is 5.00. The molecule has 0 aliphatic heterocycles. The van der Waals surface area contributed by atoms with Crippen molar-refractivity contribution in [2.75, 3.05) is 20.7 Å². The van der Waals surface area contributed by atoms with Crippen LogP contribution in [0.5, 0.6) is 5.75 Å². The molecule has 0 aliphatic carbocycles. The molecule has 0 saturated heterocycles. The fraction of sp³-hybridized carbons (Fsp3) is 0.273. The monoisotopic (exact) mass is 462 g/mol. The average Bonchev–Trinajstić information content (AvgIpc) is 2.80. The lowest BCUT2D eigenvalue weighted by molar-refractivity contribution is -0.137. The smallest absolute Gasteiger partial charge is 0.416 e. The van der Waals surface area contributed by atoms with Crippen molar-refractivity contribution >= 4 is 5.91 Å². The minimum Gasteiger partial charge on any atom is -0.497 e. The van der Waals surface area contributed by atoms with E-state index in [-0.39, 0.29) is 18.8 Å². The first-order chi connectivity index (χ1) is 15.6. The van der Waals surface area contributed by atoms with E-state index in [9.17, 15) is 27.6 Å². The van der Waals surface area contributed by atoms with Crippen molar-refractivity contribution in [2.45, 2.75) is 19.6 Å². The van der Waals surface area contributed by atoms with Gasteiger partial charge in [0.05, 0.1) is 24.9 Å². The number of carbonyl (C=O) groups excluding carboxylic acids is 1. The van der Waals surface area contributed by atoms with Crippen LogP contribution in [0.2, 0.25) is 0 Å². The first-order valence-corrected chi connectivity index (χ1v) is 9.87. The Morgan fingerprint density at radius 2 is 1.79 bits per heavy atom. The van der Waals surface area contributed by atoms with Crippen LogP contribution in [-0.4, -0.2) is 45.9 Å². The predicted octanol–water partition coefficient (Wildman–Crippen LogP) is 2.56. The van der Waals surface area contributed by atoms with Gasteiger partial charge in [-0.15, -0.1) is 0 Å². The molecule has 1 amide bonds. The second kappa shape index (κ2) is 9.31. The molecule has 0 saturated carbocycles. The molecule has 0 radical (unpaired) electrons. The van der Waals surface area contributed by atoms with Crippen molar-refractivity contribution in [3.05, 3.63) is 86.2 Å². The van der Waals surface area contributed by atoms with Crippen LogP contribution < -0.4 is 16.0 Å². The van der Waals surface area contributed by atoms with E-state index < -0.39 is 34.6 Å². The van der Waals surface area contributed by atoms with Crippen molar-refractivity contribution in [3.8, 4) is 11.4 Å². The summed E-state index contributed by atoms with van der Waals surface area (Å²) >= 11 is 0. The highest BCUT2D eigenvalue weighted by atomic mass is 19.4. The average molecular weight is 462 g/mol. The van der Waals surface area contributed by atoms with Gasteiger partial charge < -0.3 is 9.64 Å². The van der Waals surface area contributed by atoms with Crippen molar-refractivity contribution in [1.29, 1.82) is 0 Å². The highest BCUT2D eigenvalue weighted by Crippen LogP contribution is 2.29. The topological polar surface area (TPSA) is 86.4 Å². The van der Waals surface area contributed by atoms with Gasteiger partial charge in [-0.1, -0.05) is 12.1 Å². The Balaban J connectivity index is 2.20. The van der Waals surface area contributed by atoms with Gasteiger partial charge in [0, 0.05) is 13.6 Å². The number of aromatic nitrogens is 3. The standard InChI is InChI=1S/C22H21F3N4O4/c1-4-27(2)19(30)18-20(31)28(13-14-6-5-7-17(12-14)33-3)21(32)29(26-18)16-10-8-15(9-11-16)22(23,24)25/h5-12H,4,13H2,1-3H3. The summed E-state index contributed by atoms with van der Waals surface area (Å²) in [4.78, 5) is 40.2. The molecular weight excluding hydrogens is 441 g/mol. The number of nitrogens with zero attached hydrogens (tertiary/aromatic N) is 4. The molecule has 2 aromatic carbocycles. The molecule has 0 fully saturated rings. The summed E-state index contributed by atoms with van der Waals surface area (Å²) in [5.74, 6) is -0.220. The molecule has 0 bridgehead atoms. The van der Waals surface area contributed by atoms with Crippen LogP contribution in [0, 0.1) is 0 Å². The number of hydrogen-bond donors (Lipinski definition) is 0. The van der Waals surface area contributed by atoms with E-state index in [1.54, 1.807) is 31.2 Å². The highest BCUT2D eigenvalue weighted by molar-refractivity contribution is 5.91. The molecule has 11 heteroatoms. The fourth-order valence-electron chi connectivity index (χ4n) is 3.03. The van der Waals surface area contributed by atoms with E-state index in [4.69, 9.17) is 4.74 Å². The molecule has 33 heavy (non-hydrogen) atoms. The van der Waals surface area contributed by atoms with Gasteiger partial charge in [-0.3, -0.25) is 14.2 Å². The van der Waals surface area contributed by atoms with E-state index >= 15 is 0 Å². The van der Waals surface area contributed by atoms with Gasteiger partial charge in [-0.25, -0.2) is 4.79 Å². The Kier molecular flexibility index (Phi) is 6.70. The van der Waals surface area contributed by atoms with E-state index in [1.165, 1.54) is 19.1 Å². The first kappa shape index (κ1) is 23.8. The van der Waals surface area contributed by atoms with E-state index in [2.05, 4.69) is 5.10 Å². The van der Waals surface area contributed by atoms with Crippen LogP contribution in [-0.2, 0) is 12.7 Å². The van der Waals surface area contributed by atoms with Crippen LogP contribution in [0.15, 0.2) is 58.1 Å². The summed E-state index contributed by atoms with van der Waals surface area (Å²) in [5.41, 5.74) is -2.73. The minimum atomic E-state index is -4.56. The quantitative estimate of drug-likeness (QED) is 0.562. The van der Waals surface area contributed by atoms with Gasteiger partial charge in [-0.2, -0.15) is 23.0 Å². The highest BCUT2D eigenvalue weighted by Gasteiger charge is 2.30. The van der Waals surface area contributed by atoms with Crippen molar-refractivity contribution < 1.29 is 22.7 Å². The SMILES string of the molecule is CCN(C)C(=O)c1nn(-c2ccc(C(F)(F)F)cc2)c(=O)n(Cc2cccc(OC)c2)c1=O. The maximum atomic E-state index is 13.1. The number of halogens is 3. The van der Waals surface area contributed by atoms with E-state index in [1.807, 2.05) is 0 Å². The van der Waals surface area contributed by atoms with Crippen molar-refractivity contribution in [1.82, 2.24) is 19.2 Å². The van der Waals surface area contributed by atoms with Gasteiger partial charge in [0.25, 0.3) is 11.5 Å². The molecule has 0 atom stereocenters. The van der Waals surface area contributed by atoms with Gasteiger partial charge >= 0.3 is 11.9 Å². The lowest BCUT2D eigenvalue weighted by Gasteiger charge is -2.16. The Labute approximate surface area is 186 Å². The maximum Gasteiger partial charge on any atom is 0.416 e. The molecule has 0 unspecified atom stereocenters. The number of methoxy groups -OCH3 is 1. The van der Waals surface area contributed by atoms with Crippen LogP contribution in [0.3, 0.4) is 0 Å². The summed E-state index contributed by atoms with van der Waals surface area (Å²) in [7, 11) is 2.93. The van der Waals surface area contributed by atoms with Crippen LogP contribution in [0.4, 0.5) is 13.2 Å². The summed E-state index contributed by atoms with van der Waals surface area (Å²) in [6.07, 6.45) is -4.56. The zero-order chi connectivity index (χ0) is 24.3. The summed E-state index contributed by atoms with van der Waals surface area (Å²) < 4.78 is 45.5. The van der Waals surface area contributed by atoms with Crippen molar-refractivity contribution in [2.24, 2.45) is 0 Å². The number of alkyl halides is 3. The van der Waals surface area contributed by atoms with Gasteiger partial charge in [-0.05, 0) is 48.9 Å². The van der Waals surface area contributed by atoms with E-state index in [0.717, 1.165) is 33.5 Å². The summed E-state index contributed by atoms with van der Waals surface area (Å²) in [6, 6.07) is 10.3. The molecule has 174 valence electrons. The number of amides is 1. The first-order valence-electron chi connectivity index (χ1n) is 9.87. The molecular formula is C22H21F3N4O4. The Hall–Kier alpha value is -3.89. The number of benzene rings is 2. The zero-order valence-corrected chi connectivity index (χ0v) is 18.1. The van der Waals surface area contributed by atoms with Crippen molar-refractivity contribution in [3.63, 3.8) is 0 Å². The molecule has 3 rings (SSSR count). The maximum absolute atomic E-state index is 13.1. The van der Waals surface area contributed by atoms with Gasteiger partial charge in [0.1, 0.15) is 5.75 Å². The molecule has 3 aromatic rings. The zero-order valence-electron chi connectivity index (χ0n) is 18.1. The predicted molar refractivity (Wildman–Crippen MR) is 114 cm³/mol. The van der Waals surface area contributed by atoms with E-state index in [0.29, 0.717) is 11.3 Å². The van der Waals surface area contributed by atoms with Crippen LogP contribution in [0.25, 0.3) is 5.69 Å². The normalized spacial score (nSPS) is 11.3. The Morgan fingerprint density at radius 1 is 1.12 bits per heavy atom. The molecule has 0 N–H and O–H groups in total. The largest absolute Gasteiger partial charge is 0.497 e. The van der Waals surface area contributed by atoms with Crippen LogP contribution >= 0.6 is 0 Å². The molecule has 0 aliphatic rings. The second-order valence-electron chi connectivity index (χ2n) is 7.15. The molecule has 1 heterocycles. The number of rotatable bonds is 6. The lowest BCUT2D eigenvalue weighted by atomic mass is 10.2. The van der Waals surface area contributed by atoms with Crippen LogP contribution in [0.1, 0.15) is 28.5 Å². The van der Waals surface area contributed by atoms with Gasteiger partial charge in [0.2, 0.25) is 5.69 Å². The number of carbonyl (C=O) groups is 1. The third kappa shape index (κ3) is 4.97. The third-order valence-corrected chi connectivity index (χ3v) is 5.00. The molecule has 8 nitrogen and oxygen atoms in total.